The van der Waals surface area contributed by atoms with Gasteiger partial charge in [0, 0.05) is 6.54 Å². The fourth-order valence-corrected chi connectivity index (χ4v) is 1.73. The Hall–Kier alpha value is -0.600. The average Bonchev–Trinajstić information content (AvgIpc) is 2.34. The summed E-state index contributed by atoms with van der Waals surface area (Å²) in [6.07, 6.45) is 5.15. The fraction of sp³-hybridized carbons (Fsp3) is 1.00. The van der Waals surface area contributed by atoms with Crippen LogP contribution in [0, 0.1) is 0 Å². The molecule has 0 amide bonds. The van der Waals surface area contributed by atoms with Crippen molar-refractivity contribution in [3.63, 3.8) is 0 Å². The number of hydrogen-bond donors (Lipinski definition) is 0. The lowest BCUT2D eigenvalue weighted by Crippen LogP contribution is -2.50. The van der Waals surface area contributed by atoms with Crippen LogP contribution in [-0.2, 0) is 0 Å². The quantitative estimate of drug-likeness (QED) is 0.635. The summed E-state index contributed by atoms with van der Waals surface area (Å²) in [4.78, 5) is 0. The molecule has 3 heteroatoms. The van der Waals surface area contributed by atoms with Gasteiger partial charge in [-0.1, -0.05) is 31.4 Å². The minimum absolute atomic E-state index is 0.0548. The van der Waals surface area contributed by atoms with E-state index in [1.807, 2.05) is 0 Å². The Balaban J connectivity index is 2.41. The van der Waals surface area contributed by atoms with Gasteiger partial charge in [-0.05, 0) is 34.1 Å². The Bertz CT molecular complexity index is 231. The van der Waals surface area contributed by atoms with E-state index in [1.54, 1.807) is 0 Å². The second-order valence-electron chi connectivity index (χ2n) is 5.49. The summed E-state index contributed by atoms with van der Waals surface area (Å²) in [5.74, 6) is 0. The van der Waals surface area contributed by atoms with Crippen LogP contribution >= 0.6 is 0 Å². The van der Waals surface area contributed by atoms with Crippen molar-refractivity contribution >= 4 is 0 Å². The van der Waals surface area contributed by atoms with E-state index in [0.717, 1.165) is 6.54 Å². The van der Waals surface area contributed by atoms with Gasteiger partial charge in [0.2, 0.25) is 0 Å². The Kier molecular flexibility index (Phi) is 3.74. The molecule has 0 N–H and O–H groups in total. The van der Waals surface area contributed by atoms with Gasteiger partial charge >= 0.3 is 0 Å². The van der Waals surface area contributed by atoms with Gasteiger partial charge in [0.1, 0.15) is 5.54 Å². The van der Waals surface area contributed by atoms with E-state index >= 15 is 0 Å². The van der Waals surface area contributed by atoms with E-state index in [-0.39, 0.29) is 11.1 Å². The van der Waals surface area contributed by atoms with Crippen LogP contribution in [0.1, 0.15) is 60.3 Å². The topological polar surface area (TPSA) is 28.0 Å². The highest BCUT2D eigenvalue weighted by molar-refractivity contribution is 5.02. The molecule has 0 atom stereocenters. The molecule has 0 aromatic rings. The summed E-state index contributed by atoms with van der Waals surface area (Å²) in [7, 11) is 0. The smallest absolute Gasteiger partial charge is 0.102 e. The second kappa shape index (κ2) is 4.50. The van der Waals surface area contributed by atoms with E-state index in [2.05, 4.69) is 50.0 Å². The largest absolute Gasteiger partial charge is 0.271 e. The van der Waals surface area contributed by atoms with Crippen molar-refractivity contribution in [1.29, 1.82) is 0 Å². The van der Waals surface area contributed by atoms with E-state index < -0.39 is 0 Å². The number of unbranched alkanes of at least 4 members (excludes halogenated alkanes) is 3. The molecule has 15 heavy (non-hydrogen) atoms. The van der Waals surface area contributed by atoms with Gasteiger partial charge in [0.05, 0.1) is 5.54 Å². The number of hydrogen-bond acceptors (Lipinski definition) is 3. The second-order valence-corrected chi connectivity index (χ2v) is 5.49. The zero-order chi connectivity index (χ0) is 11.5. The van der Waals surface area contributed by atoms with Crippen molar-refractivity contribution < 1.29 is 0 Å². The highest BCUT2D eigenvalue weighted by Gasteiger charge is 2.46. The maximum atomic E-state index is 4.35. The first-order chi connectivity index (χ1) is 6.92. The summed E-state index contributed by atoms with van der Waals surface area (Å²) >= 11 is 0. The van der Waals surface area contributed by atoms with Crippen molar-refractivity contribution in [2.75, 3.05) is 6.54 Å². The zero-order valence-corrected chi connectivity index (χ0v) is 10.9. The molecule has 1 aliphatic rings. The third kappa shape index (κ3) is 2.50. The molecule has 0 spiro atoms. The SMILES string of the molecule is CCCCCCN1N=NC(C)(C)C1(C)C. The lowest BCUT2D eigenvalue weighted by Gasteiger charge is -2.37. The minimum Gasteiger partial charge on any atom is -0.271 e. The van der Waals surface area contributed by atoms with Gasteiger partial charge in [-0.25, -0.2) is 0 Å². The lowest BCUT2D eigenvalue weighted by molar-refractivity contribution is 0.107. The van der Waals surface area contributed by atoms with Gasteiger partial charge < -0.3 is 0 Å². The van der Waals surface area contributed by atoms with Crippen LogP contribution in [0.3, 0.4) is 0 Å². The molecule has 0 unspecified atom stereocenters. The molecule has 3 nitrogen and oxygen atoms in total. The third-order valence-electron chi connectivity index (χ3n) is 3.77. The Morgan fingerprint density at radius 1 is 1.00 bits per heavy atom. The van der Waals surface area contributed by atoms with Crippen molar-refractivity contribution in [3.8, 4) is 0 Å². The van der Waals surface area contributed by atoms with Crippen molar-refractivity contribution in [2.24, 2.45) is 10.3 Å². The molecule has 0 aliphatic carbocycles. The lowest BCUT2D eigenvalue weighted by atomic mass is 9.83. The first kappa shape index (κ1) is 12.5. The summed E-state index contributed by atoms with van der Waals surface area (Å²) in [5, 5.41) is 10.8. The predicted octanol–water partition coefficient (Wildman–Crippen LogP) is 3.81. The molecule has 0 aromatic heterocycles. The molecule has 0 saturated carbocycles. The molecular weight excluding hydrogens is 186 g/mol. The van der Waals surface area contributed by atoms with Crippen LogP contribution in [-0.4, -0.2) is 22.6 Å². The van der Waals surface area contributed by atoms with Gasteiger partial charge in [-0.2, -0.15) is 5.11 Å². The van der Waals surface area contributed by atoms with E-state index in [0.29, 0.717) is 0 Å². The molecule has 0 radical (unpaired) electrons. The predicted molar refractivity (Wildman–Crippen MR) is 63.9 cm³/mol. The highest BCUT2D eigenvalue weighted by Crippen LogP contribution is 2.37. The maximum Gasteiger partial charge on any atom is 0.102 e. The molecular formula is C12H25N3. The Morgan fingerprint density at radius 2 is 1.67 bits per heavy atom. The van der Waals surface area contributed by atoms with Crippen LogP contribution in [0.5, 0.6) is 0 Å². The normalized spacial score (nSPS) is 22.3. The van der Waals surface area contributed by atoms with Gasteiger partial charge in [0.15, 0.2) is 0 Å². The molecule has 0 fully saturated rings. The minimum atomic E-state index is -0.0578. The zero-order valence-electron chi connectivity index (χ0n) is 10.9. The first-order valence-corrected chi connectivity index (χ1v) is 6.12. The summed E-state index contributed by atoms with van der Waals surface area (Å²) in [6.45, 7) is 12.0. The van der Waals surface area contributed by atoms with Crippen LogP contribution in [0.2, 0.25) is 0 Å². The van der Waals surface area contributed by atoms with E-state index in [1.165, 1.54) is 25.7 Å². The standard InChI is InChI=1S/C12H25N3/c1-6-7-8-9-10-15-12(4,5)11(2,3)13-14-15/h6-10H2,1-5H3. The molecule has 1 rings (SSSR count). The Labute approximate surface area is 93.9 Å². The number of nitrogens with zero attached hydrogens (tertiary/aromatic N) is 3. The number of rotatable bonds is 5. The highest BCUT2D eigenvalue weighted by atomic mass is 15.6. The monoisotopic (exact) mass is 211 g/mol. The van der Waals surface area contributed by atoms with Crippen LogP contribution in [0.25, 0.3) is 0 Å². The molecule has 1 heterocycles. The summed E-state index contributed by atoms with van der Waals surface area (Å²) in [5.41, 5.74) is -0.00301. The third-order valence-corrected chi connectivity index (χ3v) is 3.77. The van der Waals surface area contributed by atoms with E-state index in [4.69, 9.17) is 0 Å². The van der Waals surface area contributed by atoms with Crippen LogP contribution in [0.15, 0.2) is 10.3 Å². The molecule has 0 bridgehead atoms. The fourth-order valence-electron chi connectivity index (χ4n) is 1.73. The van der Waals surface area contributed by atoms with Crippen LogP contribution in [0.4, 0.5) is 0 Å². The summed E-state index contributed by atoms with van der Waals surface area (Å²) < 4.78 is 0. The molecule has 0 saturated heterocycles. The Morgan fingerprint density at radius 3 is 2.13 bits per heavy atom. The maximum absolute atomic E-state index is 4.35. The molecule has 88 valence electrons. The summed E-state index contributed by atoms with van der Waals surface area (Å²) in [6, 6.07) is 0. The van der Waals surface area contributed by atoms with Gasteiger partial charge in [-0.15, -0.1) is 0 Å². The van der Waals surface area contributed by atoms with Crippen molar-refractivity contribution in [3.05, 3.63) is 0 Å². The van der Waals surface area contributed by atoms with Crippen LogP contribution < -0.4 is 0 Å². The first-order valence-electron chi connectivity index (χ1n) is 6.12. The average molecular weight is 211 g/mol. The van der Waals surface area contributed by atoms with Crippen molar-refractivity contribution in [1.82, 2.24) is 5.01 Å². The van der Waals surface area contributed by atoms with Crippen molar-refractivity contribution in [2.45, 2.75) is 71.4 Å². The van der Waals surface area contributed by atoms with Gasteiger partial charge in [0.25, 0.3) is 0 Å². The van der Waals surface area contributed by atoms with E-state index in [9.17, 15) is 0 Å². The molecule has 0 aromatic carbocycles. The van der Waals surface area contributed by atoms with Gasteiger partial charge in [-0.3, -0.25) is 5.01 Å². The molecule has 1 aliphatic heterocycles.